The lowest BCUT2D eigenvalue weighted by molar-refractivity contribution is -0.120. The molecule has 5 heteroatoms. The lowest BCUT2D eigenvalue weighted by atomic mass is 10.3. The van der Waals surface area contributed by atoms with E-state index in [2.05, 4.69) is 10.3 Å². The first kappa shape index (κ1) is 11.5. The fourth-order valence-corrected chi connectivity index (χ4v) is 1.70. The number of rotatable bonds is 4. The molecule has 0 fully saturated rings. The van der Waals surface area contributed by atoms with Gasteiger partial charge in [0.05, 0.1) is 10.7 Å². The number of thiazole rings is 1. The van der Waals surface area contributed by atoms with Gasteiger partial charge in [-0.25, -0.2) is 4.98 Å². The number of nitrogens with one attached hydrogen (secondary N) is 1. The maximum atomic E-state index is 11.1. The second-order valence-electron chi connectivity index (χ2n) is 3.01. The van der Waals surface area contributed by atoms with Crippen LogP contribution in [0.25, 0.3) is 0 Å². The molecule has 1 unspecified atom stereocenters. The molecule has 1 aromatic heterocycles. The van der Waals surface area contributed by atoms with Crippen LogP contribution in [0.2, 0.25) is 0 Å². The Morgan fingerprint density at radius 2 is 2.50 bits per heavy atom. The third-order valence-electron chi connectivity index (χ3n) is 1.71. The minimum absolute atomic E-state index is 0.126. The summed E-state index contributed by atoms with van der Waals surface area (Å²) in [5, 5.41) is 5.33. The van der Waals surface area contributed by atoms with Crippen LogP contribution in [0.1, 0.15) is 17.6 Å². The number of carbonyl (C=O) groups excluding carboxylic acids is 1. The summed E-state index contributed by atoms with van der Waals surface area (Å²) in [6.45, 7) is 4.22. The van der Waals surface area contributed by atoms with E-state index in [0.29, 0.717) is 6.54 Å². The lowest BCUT2D eigenvalue weighted by Gasteiger charge is -2.04. The molecule has 0 spiro atoms. The van der Waals surface area contributed by atoms with Crippen molar-refractivity contribution in [1.29, 1.82) is 0 Å². The number of nitrogens with zero attached hydrogens (tertiary/aromatic N) is 1. The summed E-state index contributed by atoms with van der Waals surface area (Å²) < 4.78 is 0. The van der Waals surface area contributed by atoms with E-state index >= 15 is 0 Å². The van der Waals surface area contributed by atoms with Crippen molar-refractivity contribution < 1.29 is 4.79 Å². The highest BCUT2D eigenvalue weighted by Crippen LogP contribution is 2.07. The van der Waals surface area contributed by atoms with Crippen molar-refractivity contribution in [3.05, 3.63) is 16.1 Å². The predicted octanol–water partition coefficient (Wildman–Crippen LogP) is 1.74. The molecule has 3 nitrogen and oxygen atoms in total. The van der Waals surface area contributed by atoms with E-state index in [9.17, 15) is 4.79 Å². The van der Waals surface area contributed by atoms with E-state index < -0.39 is 5.38 Å². The Morgan fingerprint density at radius 3 is 3.00 bits per heavy atom. The van der Waals surface area contributed by atoms with Crippen LogP contribution in [-0.4, -0.2) is 22.8 Å². The van der Waals surface area contributed by atoms with E-state index in [0.717, 1.165) is 17.1 Å². The topological polar surface area (TPSA) is 42.0 Å². The third kappa shape index (κ3) is 3.64. The zero-order valence-electron chi connectivity index (χ0n) is 8.21. The lowest BCUT2D eigenvalue weighted by Crippen LogP contribution is -2.31. The molecule has 0 aromatic carbocycles. The standard InChI is InChI=1S/C9H13ClN2OS/c1-6(10)9(13)11-4-3-8-5-14-7(2)12-8/h5-6H,3-4H2,1-2H3,(H,11,13). The van der Waals surface area contributed by atoms with Gasteiger partial charge in [-0.2, -0.15) is 0 Å². The van der Waals surface area contributed by atoms with Crippen molar-refractivity contribution in [3.8, 4) is 0 Å². The molecular formula is C9H13ClN2OS. The van der Waals surface area contributed by atoms with Gasteiger partial charge in [-0.1, -0.05) is 0 Å². The Hall–Kier alpha value is -0.610. The minimum atomic E-state index is -0.466. The second-order valence-corrected chi connectivity index (χ2v) is 4.73. The minimum Gasteiger partial charge on any atom is -0.354 e. The summed E-state index contributed by atoms with van der Waals surface area (Å²) in [4.78, 5) is 15.4. The molecule has 0 saturated carbocycles. The highest BCUT2D eigenvalue weighted by atomic mass is 35.5. The first-order chi connectivity index (χ1) is 6.59. The molecular weight excluding hydrogens is 220 g/mol. The molecule has 1 N–H and O–H groups in total. The largest absolute Gasteiger partial charge is 0.354 e. The Balaban J connectivity index is 2.25. The summed E-state index contributed by atoms with van der Waals surface area (Å²) in [5.74, 6) is -0.126. The zero-order valence-corrected chi connectivity index (χ0v) is 9.78. The van der Waals surface area contributed by atoms with Gasteiger partial charge in [-0.3, -0.25) is 4.79 Å². The van der Waals surface area contributed by atoms with E-state index in [1.807, 2.05) is 12.3 Å². The number of alkyl halides is 1. The number of aromatic nitrogens is 1. The van der Waals surface area contributed by atoms with Crippen LogP contribution in [-0.2, 0) is 11.2 Å². The van der Waals surface area contributed by atoms with Crippen LogP contribution < -0.4 is 5.32 Å². The zero-order chi connectivity index (χ0) is 10.6. The van der Waals surface area contributed by atoms with E-state index in [1.54, 1.807) is 18.3 Å². The molecule has 1 amide bonds. The van der Waals surface area contributed by atoms with Crippen LogP contribution in [0.3, 0.4) is 0 Å². The Morgan fingerprint density at radius 1 is 1.79 bits per heavy atom. The van der Waals surface area contributed by atoms with Gasteiger partial charge in [-0.15, -0.1) is 22.9 Å². The van der Waals surface area contributed by atoms with Crippen molar-refractivity contribution in [1.82, 2.24) is 10.3 Å². The van der Waals surface area contributed by atoms with Gasteiger partial charge in [0.15, 0.2) is 0 Å². The average Bonchev–Trinajstić information content (AvgIpc) is 2.51. The molecule has 14 heavy (non-hydrogen) atoms. The van der Waals surface area contributed by atoms with Crippen LogP contribution in [0.5, 0.6) is 0 Å². The number of aryl methyl sites for hydroxylation is 1. The summed E-state index contributed by atoms with van der Waals surface area (Å²) in [5.41, 5.74) is 1.02. The molecule has 0 aliphatic heterocycles. The summed E-state index contributed by atoms with van der Waals surface area (Å²) in [6, 6.07) is 0. The van der Waals surface area contributed by atoms with Crippen LogP contribution in [0, 0.1) is 6.92 Å². The molecule has 1 aromatic rings. The molecule has 0 aliphatic rings. The van der Waals surface area contributed by atoms with Crippen molar-refractivity contribution in [3.63, 3.8) is 0 Å². The molecule has 78 valence electrons. The summed E-state index contributed by atoms with van der Waals surface area (Å²) in [7, 11) is 0. The highest BCUT2D eigenvalue weighted by molar-refractivity contribution is 7.09. The van der Waals surface area contributed by atoms with Gasteiger partial charge in [0.1, 0.15) is 5.38 Å². The number of amides is 1. The van der Waals surface area contributed by atoms with Crippen molar-refractivity contribution in [2.24, 2.45) is 0 Å². The van der Waals surface area contributed by atoms with Gasteiger partial charge >= 0.3 is 0 Å². The fraction of sp³-hybridized carbons (Fsp3) is 0.556. The third-order valence-corrected chi connectivity index (χ3v) is 2.73. The molecule has 0 radical (unpaired) electrons. The van der Waals surface area contributed by atoms with Gasteiger partial charge < -0.3 is 5.32 Å². The van der Waals surface area contributed by atoms with Crippen LogP contribution in [0.15, 0.2) is 5.38 Å². The predicted molar refractivity (Wildman–Crippen MR) is 58.9 cm³/mol. The quantitative estimate of drug-likeness (QED) is 0.804. The molecule has 1 atom stereocenters. The van der Waals surface area contributed by atoms with Crippen LogP contribution in [0.4, 0.5) is 0 Å². The Labute approximate surface area is 92.5 Å². The highest BCUT2D eigenvalue weighted by Gasteiger charge is 2.07. The van der Waals surface area contributed by atoms with Crippen molar-refractivity contribution >= 4 is 28.8 Å². The Bertz CT molecular complexity index is 312. The molecule has 0 bridgehead atoms. The molecule has 1 rings (SSSR count). The second kappa shape index (κ2) is 5.32. The fourth-order valence-electron chi connectivity index (χ4n) is 0.977. The van der Waals surface area contributed by atoms with Gasteiger partial charge in [0.2, 0.25) is 5.91 Å². The maximum Gasteiger partial charge on any atom is 0.237 e. The van der Waals surface area contributed by atoms with Crippen LogP contribution >= 0.6 is 22.9 Å². The first-order valence-electron chi connectivity index (χ1n) is 4.42. The van der Waals surface area contributed by atoms with Crippen molar-refractivity contribution in [2.45, 2.75) is 25.6 Å². The number of hydrogen-bond donors (Lipinski definition) is 1. The first-order valence-corrected chi connectivity index (χ1v) is 5.74. The molecule has 0 aliphatic carbocycles. The maximum absolute atomic E-state index is 11.1. The number of hydrogen-bond acceptors (Lipinski definition) is 3. The van der Waals surface area contributed by atoms with Gasteiger partial charge in [0, 0.05) is 18.3 Å². The monoisotopic (exact) mass is 232 g/mol. The van der Waals surface area contributed by atoms with E-state index in [1.165, 1.54) is 0 Å². The smallest absolute Gasteiger partial charge is 0.237 e. The summed E-state index contributed by atoms with van der Waals surface area (Å²) >= 11 is 7.21. The summed E-state index contributed by atoms with van der Waals surface area (Å²) in [6.07, 6.45) is 0.764. The normalized spacial score (nSPS) is 12.5. The number of halogens is 1. The van der Waals surface area contributed by atoms with E-state index in [-0.39, 0.29) is 5.91 Å². The van der Waals surface area contributed by atoms with Gasteiger partial charge in [0.25, 0.3) is 0 Å². The molecule has 0 saturated heterocycles. The SMILES string of the molecule is Cc1nc(CCNC(=O)C(C)Cl)cs1. The van der Waals surface area contributed by atoms with Gasteiger partial charge in [-0.05, 0) is 13.8 Å². The average molecular weight is 233 g/mol. The van der Waals surface area contributed by atoms with E-state index in [4.69, 9.17) is 11.6 Å². The molecule has 1 heterocycles. The number of carbonyl (C=O) groups is 1. The Kier molecular flexibility index (Phi) is 4.35. The van der Waals surface area contributed by atoms with Crippen molar-refractivity contribution in [2.75, 3.05) is 6.54 Å².